The summed E-state index contributed by atoms with van der Waals surface area (Å²) >= 11 is 1.70. The van der Waals surface area contributed by atoms with Crippen LogP contribution >= 0.6 is 11.3 Å². The number of esters is 1. The molecule has 0 spiro atoms. The third kappa shape index (κ3) is 5.05. The van der Waals surface area contributed by atoms with E-state index in [9.17, 15) is 4.79 Å². The first-order chi connectivity index (χ1) is 12.9. The fourth-order valence-electron chi connectivity index (χ4n) is 2.80. The molecular formula is C21H25N3O2S. The lowest BCUT2D eigenvalue weighted by Crippen LogP contribution is -2.22. The van der Waals surface area contributed by atoms with Gasteiger partial charge in [-0.1, -0.05) is 29.8 Å². The molecule has 2 heterocycles. The van der Waals surface area contributed by atoms with Gasteiger partial charge < -0.3 is 9.64 Å². The van der Waals surface area contributed by atoms with Crippen LogP contribution in [-0.2, 0) is 16.1 Å². The maximum absolute atomic E-state index is 12.2. The van der Waals surface area contributed by atoms with Gasteiger partial charge in [-0.05, 0) is 51.7 Å². The maximum atomic E-state index is 12.2. The number of aromatic nitrogens is 2. The summed E-state index contributed by atoms with van der Waals surface area (Å²) in [7, 11) is 3.90. The van der Waals surface area contributed by atoms with Crippen LogP contribution in [0, 0.1) is 13.8 Å². The summed E-state index contributed by atoms with van der Waals surface area (Å²) in [5.41, 5.74) is 4.28. The van der Waals surface area contributed by atoms with Gasteiger partial charge in [0.2, 0.25) is 0 Å². The van der Waals surface area contributed by atoms with Crippen LogP contribution in [0.5, 0.6) is 0 Å². The molecule has 27 heavy (non-hydrogen) atoms. The van der Waals surface area contributed by atoms with E-state index in [-0.39, 0.29) is 12.5 Å². The lowest BCUT2D eigenvalue weighted by molar-refractivity contribution is -0.144. The van der Waals surface area contributed by atoms with Gasteiger partial charge in [-0.25, -0.2) is 0 Å². The van der Waals surface area contributed by atoms with Crippen molar-refractivity contribution in [2.45, 2.75) is 20.4 Å². The van der Waals surface area contributed by atoms with Crippen molar-refractivity contribution in [3.63, 3.8) is 0 Å². The number of benzene rings is 1. The highest BCUT2D eigenvalue weighted by atomic mass is 32.1. The van der Waals surface area contributed by atoms with E-state index in [1.807, 2.05) is 32.0 Å². The minimum absolute atomic E-state index is 0.119. The fourth-order valence-corrected chi connectivity index (χ4v) is 3.83. The molecule has 0 saturated heterocycles. The topological polar surface area (TPSA) is 47.4 Å². The first-order valence-electron chi connectivity index (χ1n) is 8.94. The lowest BCUT2D eigenvalue weighted by atomic mass is 10.1. The molecule has 142 valence electrons. The van der Waals surface area contributed by atoms with E-state index in [4.69, 9.17) is 4.74 Å². The molecule has 2 aromatic heterocycles. The lowest BCUT2D eigenvalue weighted by Gasteiger charge is -2.10. The Morgan fingerprint density at radius 2 is 1.93 bits per heavy atom. The number of ether oxygens (including phenoxy) is 1. The molecule has 0 unspecified atom stereocenters. The van der Waals surface area contributed by atoms with Crippen LogP contribution in [0.3, 0.4) is 0 Å². The van der Waals surface area contributed by atoms with Gasteiger partial charge in [0.25, 0.3) is 0 Å². The Bertz CT molecular complexity index is 927. The van der Waals surface area contributed by atoms with Crippen molar-refractivity contribution in [2.75, 3.05) is 27.2 Å². The predicted octanol–water partition coefficient (Wildman–Crippen LogP) is 4.00. The first-order valence-corrected chi connectivity index (χ1v) is 9.76. The monoisotopic (exact) mass is 383 g/mol. The number of rotatable bonds is 7. The van der Waals surface area contributed by atoms with E-state index in [1.165, 1.54) is 16.0 Å². The summed E-state index contributed by atoms with van der Waals surface area (Å²) in [6.45, 7) is 5.25. The second-order valence-electron chi connectivity index (χ2n) is 6.89. The minimum atomic E-state index is -0.267. The summed E-state index contributed by atoms with van der Waals surface area (Å²) in [5, 5.41) is 4.48. The third-order valence-corrected chi connectivity index (χ3v) is 5.30. The molecule has 0 N–H and O–H groups in total. The molecule has 0 aliphatic rings. The number of carbonyl (C=O) groups excluding carboxylic acids is 1. The molecule has 0 fully saturated rings. The van der Waals surface area contributed by atoms with Crippen molar-refractivity contribution in [2.24, 2.45) is 0 Å². The summed E-state index contributed by atoms with van der Waals surface area (Å²) in [5.74, 6) is -0.267. The normalized spacial score (nSPS) is 11.1. The molecule has 3 rings (SSSR count). The zero-order valence-electron chi connectivity index (χ0n) is 16.2. The number of hydrogen-bond acceptors (Lipinski definition) is 5. The Morgan fingerprint density at radius 3 is 2.67 bits per heavy atom. The zero-order valence-corrected chi connectivity index (χ0v) is 17.0. The van der Waals surface area contributed by atoms with Crippen LogP contribution < -0.4 is 0 Å². The van der Waals surface area contributed by atoms with Crippen LogP contribution in [0.1, 0.15) is 11.3 Å². The van der Waals surface area contributed by atoms with Crippen molar-refractivity contribution >= 4 is 17.3 Å². The van der Waals surface area contributed by atoms with Gasteiger partial charge in [0.1, 0.15) is 13.2 Å². The highest BCUT2D eigenvalue weighted by Gasteiger charge is 2.15. The molecule has 6 heteroatoms. The smallest absolute Gasteiger partial charge is 0.327 e. The van der Waals surface area contributed by atoms with Gasteiger partial charge in [-0.15, -0.1) is 11.3 Å². The second kappa shape index (κ2) is 8.50. The molecule has 0 radical (unpaired) electrons. The summed E-state index contributed by atoms with van der Waals surface area (Å²) in [6, 6.07) is 14.7. The highest BCUT2D eigenvalue weighted by molar-refractivity contribution is 7.18. The maximum Gasteiger partial charge on any atom is 0.327 e. The van der Waals surface area contributed by atoms with Crippen molar-refractivity contribution in [3.8, 4) is 21.0 Å². The number of nitrogens with zero attached hydrogens (tertiary/aromatic N) is 3. The number of carbonyl (C=O) groups is 1. The Labute approximate surface area is 164 Å². The van der Waals surface area contributed by atoms with Crippen LogP contribution in [-0.4, -0.2) is 47.9 Å². The van der Waals surface area contributed by atoms with Crippen LogP contribution in [0.25, 0.3) is 21.0 Å². The Balaban J connectivity index is 1.77. The van der Waals surface area contributed by atoms with Gasteiger partial charge in [-0.2, -0.15) is 5.10 Å². The Hall–Kier alpha value is -2.44. The van der Waals surface area contributed by atoms with Crippen molar-refractivity contribution in [1.29, 1.82) is 0 Å². The van der Waals surface area contributed by atoms with Gasteiger partial charge >= 0.3 is 5.97 Å². The molecule has 0 aliphatic carbocycles. The minimum Gasteiger partial charge on any atom is -0.463 e. The van der Waals surface area contributed by atoms with Gasteiger partial charge in [0.15, 0.2) is 0 Å². The molecule has 5 nitrogen and oxygen atoms in total. The SMILES string of the molecule is Cc1cccc(-c2ccc(-c3cc(C)nn3CC(=O)OCCN(C)C)s2)c1. The fraction of sp³-hybridized carbons (Fsp3) is 0.333. The number of hydrogen-bond donors (Lipinski definition) is 0. The van der Waals surface area contributed by atoms with Gasteiger partial charge in [0.05, 0.1) is 16.3 Å². The van der Waals surface area contributed by atoms with E-state index in [1.54, 1.807) is 16.0 Å². The van der Waals surface area contributed by atoms with E-state index in [0.717, 1.165) is 16.3 Å². The highest BCUT2D eigenvalue weighted by Crippen LogP contribution is 2.35. The number of thiophene rings is 1. The first kappa shape index (κ1) is 19.3. The average molecular weight is 384 g/mol. The molecule has 0 atom stereocenters. The van der Waals surface area contributed by atoms with Crippen molar-refractivity contribution in [1.82, 2.24) is 14.7 Å². The van der Waals surface area contributed by atoms with Crippen LogP contribution in [0.2, 0.25) is 0 Å². The molecule has 0 aliphatic heterocycles. The largest absolute Gasteiger partial charge is 0.463 e. The quantitative estimate of drug-likeness (QED) is 0.579. The number of aryl methyl sites for hydroxylation is 2. The van der Waals surface area contributed by atoms with Crippen molar-refractivity contribution in [3.05, 3.63) is 53.7 Å². The van der Waals surface area contributed by atoms with E-state index in [0.29, 0.717) is 13.2 Å². The van der Waals surface area contributed by atoms with Crippen molar-refractivity contribution < 1.29 is 9.53 Å². The molecule has 0 amide bonds. The summed E-state index contributed by atoms with van der Waals surface area (Å²) < 4.78 is 7.04. The summed E-state index contributed by atoms with van der Waals surface area (Å²) in [6.07, 6.45) is 0. The van der Waals surface area contributed by atoms with E-state index >= 15 is 0 Å². The molecular weight excluding hydrogens is 358 g/mol. The molecule has 0 bridgehead atoms. The van der Waals surface area contributed by atoms with E-state index in [2.05, 4.69) is 48.4 Å². The summed E-state index contributed by atoms with van der Waals surface area (Å²) in [4.78, 5) is 16.4. The number of likely N-dealkylation sites (N-methyl/N-ethyl adjacent to an activating group) is 1. The van der Waals surface area contributed by atoms with Gasteiger partial charge in [-0.3, -0.25) is 9.48 Å². The Kier molecular flexibility index (Phi) is 6.08. The second-order valence-corrected chi connectivity index (χ2v) is 7.97. The molecule has 0 saturated carbocycles. The molecule has 1 aromatic carbocycles. The predicted molar refractivity (Wildman–Crippen MR) is 110 cm³/mol. The molecule has 3 aromatic rings. The van der Waals surface area contributed by atoms with Crippen LogP contribution in [0.4, 0.5) is 0 Å². The average Bonchev–Trinajstić information content (AvgIpc) is 3.21. The van der Waals surface area contributed by atoms with E-state index < -0.39 is 0 Å². The van der Waals surface area contributed by atoms with Gasteiger partial charge in [0, 0.05) is 11.4 Å². The van der Waals surface area contributed by atoms with Crippen LogP contribution in [0.15, 0.2) is 42.5 Å². The third-order valence-electron chi connectivity index (χ3n) is 4.14. The standard InChI is InChI=1S/C21H25N3O2S/c1-15-6-5-7-17(12-15)19-8-9-20(27-19)18-13-16(2)22-24(18)14-21(25)26-11-10-23(3)4/h5-9,12-13H,10-11,14H2,1-4H3. The Morgan fingerprint density at radius 1 is 1.15 bits per heavy atom. The zero-order chi connectivity index (χ0) is 19.4.